The molecule has 0 bridgehead atoms. The molecule has 1 aliphatic carbocycles. The predicted molar refractivity (Wildman–Crippen MR) is 95.9 cm³/mol. The Balaban J connectivity index is 2.49. The van der Waals surface area contributed by atoms with E-state index in [2.05, 4.69) is 0 Å². The molecule has 1 N–H and O–H groups in total. The molecular weight excluding hydrogens is 320 g/mol. The summed E-state index contributed by atoms with van der Waals surface area (Å²) in [6.07, 6.45) is 0. The van der Waals surface area contributed by atoms with Crippen LogP contribution >= 0.6 is 0 Å². The minimum absolute atomic E-state index is 0.0521. The van der Waals surface area contributed by atoms with Gasteiger partial charge in [-0.3, -0.25) is 0 Å². The van der Waals surface area contributed by atoms with Crippen LogP contribution in [0.5, 0.6) is 23.0 Å². The molecule has 0 saturated heterocycles. The Hall–Kier alpha value is -2.40. The van der Waals surface area contributed by atoms with Crippen molar-refractivity contribution in [2.45, 2.75) is 19.4 Å². The molecule has 2 aromatic carbocycles. The number of hydrogen-bond acceptors (Lipinski definition) is 5. The zero-order valence-electron chi connectivity index (χ0n) is 15.5. The van der Waals surface area contributed by atoms with Crippen molar-refractivity contribution >= 4 is 0 Å². The molecule has 0 spiro atoms. The van der Waals surface area contributed by atoms with E-state index in [1.54, 1.807) is 28.4 Å². The predicted octanol–water partition coefficient (Wildman–Crippen LogP) is 3.59. The molecule has 0 amide bonds. The molecule has 0 atom stereocenters. The van der Waals surface area contributed by atoms with E-state index in [1.807, 2.05) is 38.1 Å². The van der Waals surface area contributed by atoms with E-state index < -0.39 is 5.60 Å². The molecule has 134 valence electrons. The Bertz CT molecular complexity index is 749. The lowest BCUT2D eigenvalue weighted by Crippen LogP contribution is -2.31. The topological polar surface area (TPSA) is 57.2 Å². The van der Waals surface area contributed by atoms with Gasteiger partial charge in [0, 0.05) is 22.3 Å². The van der Waals surface area contributed by atoms with Gasteiger partial charge in [-0.1, -0.05) is 26.0 Å². The van der Waals surface area contributed by atoms with Crippen molar-refractivity contribution in [3.8, 4) is 34.1 Å². The second-order valence-corrected chi connectivity index (χ2v) is 6.37. The summed E-state index contributed by atoms with van der Waals surface area (Å²) in [5, 5.41) is 11.6. The van der Waals surface area contributed by atoms with Gasteiger partial charge in [-0.25, -0.2) is 0 Å². The summed E-state index contributed by atoms with van der Waals surface area (Å²) in [6, 6.07) is 7.42. The highest BCUT2D eigenvalue weighted by Crippen LogP contribution is 2.60. The summed E-state index contributed by atoms with van der Waals surface area (Å²) < 4.78 is 22.2. The first-order chi connectivity index (χ1) is 11.9. The van der Waals surface area contributed by atoms with Crippen LogP contribution in [0.1, 0.15) is 25.0 Å². The Morgan fingerprint density at radius 2 is 1.12 bits per heavy atom. The third kappa shape index (κ3) is 2.19. The fraction of sp³-hybridized carbons (Fsp3) is 0.400. The Morgan fingerprint density at radius 1 is 0.720 bits per heavy atom. The lowest BCUT2D eigenvalue weighted by Gasteiger charge is -2.30. The third-order valence-electron chi connectivity index (χ3n) is 5.00. The number of ether oxygens (including phenoxy) is 4. The number of rotatable bonds is 5. The minimum atomic E-state index is -1.15. The van der Waals surface area contributed by atoms with Crippen LogP contribution in [0.15, 0.2) is 24.3 Å². The van der Waals surface area contributed by atoms with Crippen LogP contribution in [0, 0.1) is 5.92 Å². The van der Waals surface area contributed by atoms with Gasteiger partial charge in [0.25, 0.3) is 0 Å². The maximum absolute atomic E-state index is 11.6. The molecule has 3 rings (SSSR count). The van der Waals surface area contributed by atoms with Gasteiger partial charge >= 0.3 is 0 Å². The van der Waals surface area contributed by atoms with Gasteiger partial charge in [0.15, 0.2) is 23.0 Å². The van der Waals surface area contributed by atoms with Crippen molar-refractivity contribution < 1.29 is 24.1 Å². The SMILES string of the molecule is COc1ccc2c(c1OC)-c1c(ccc(OC)c1OC)C2(O)C(C)C. The lowest BCUT2D eigenvalue weighted by molar-refractivity contribution is 0.0361. The van der Waals surface area contributed by atoms with Crippen molar-refractivity contribution in [3.63, 3.8) is 0 Å². The van der Waals surface area contributed by atoms with E-state index in [4.69, 9.17) is 18.9 Å². The van der Waals surface area contributed by atoms with Gasteiger partial charge in [0.05, 0.1) is 28.4 Å². The van der Waals surface area contributed by atoms with Gasteiger partial charge in [0.1, 0.15) is 5.60 Å². The van der Waals surface area contributed by atoms with Gasteiger partial charge in [-0.05, 0) is 18.1 Å². The Morgan fingerprint density at radius 3 is 1.40 bits per heavy atom. The van der Waals surface area contributed by atoms with Crippen LogP contribution in [0.4, 0.5) is 0 Å². The maximum atomic E-state index is 11.6. The number of aliphatic hydroxyl groups is 1. The summed E-state index contributed by atoms with van der Waals surface area (Å²) >= 11 is 0. The van der Waals surface area contributed by atoms with Gasteiger partial charge in [-0.2, -0.15) is 0 Å². The van der Waals surface area contributed by atoms with Crippen molar-refractivity contribution in [3.05, 3.63) is 35.4 Å². The molecule has 0 aromatic heterocycles. The van der Waals surface area contributed by atoms with Gasteiger partial charge < -0.3 is 24.1 Å². The molecule has 0 radical (unpaired) electrons. The van der Waals surface area contributed by atoms with E-state index in [1.165, 1.54) is 0 Å². The highest BCUT2D eigenvalue weighted by atomic mass is 16.5. The average molecular weight is 344 g/mol. The van der Waals surface area contributed by atoms with Crippen LogP contribution in [-0.2, 0) is 5.60 Å². The molecular formula is C20H24O5. The molecule has 0 fully saturated rings. The molecule has 1 aliphatic rings. The molecule has 0 saturated carbocycles. The largest absolute Gasteiger partial charge is 0.493 e. The number of methoxy groups -OCH3 is 4. The highest BCUT2D eigenvalue weighted by Gasteiger charge is 2.48. The first kappa shape index (κ1) is 17.4. The van der Waals surface area contributed by atoms with Crippen molar-refractivity contribution in [2.75, 3.05) is 28.4 Å². The number of hydrogen-bond donors (Lipinski definition) is 1. The van der Waals surface area contributed by atoms with E-state index in [9.17, 15) is 5.11 Å². The molecule has 5 nitrogen and oxygen atoms in total. The standard InChI is InChI=1S/C20H24O5/c1-11(2)20(21)12-7-9-14(22-3)18(24-5)16(12)17-13(20)8-10-15(23-4)19(17)25-6/h7-11,21H,1-6H3. The van der Waals surface area contributed by atoms with Gasteiger partial charge in [0.2, 0.25) is 0 Å². The highest BCUT2D eigenvalue weighted by molar-refractivity contribution is 5.91. The van der Waals surface area contributed by atoms with Crippen LogP contribution in [0.2, 0.25) is 0 Å². The smallest absolute Gasteiger partial charge is 0.169 e. The summed E-state index contributed by atoms with van der Waals surface area (Å²) in [4.78, 5) is 0. The second kappa shape index (κ2) is 6.15. The Kier molecular flexibility index (Phi) is 4.29. The van der Waals surface area contributed by atoms with Crippen molar-refractivity contribution in [1.29, 1.82) is 0 Å². The lowest BCUT2D eigenvalue weighted by atomic mass is 9.81. The summed E-state index contributed by atoms with van der Waals surface area (Å²) in [6.45, 7) is 3.98. The van der Waals surface area contributed by atoms with E-state index >= 15 is 0 Å². The van der Waals surface area contributed by atoms with Crippen LogP contribution in [0.3, 0.4) is 0 Å². The zero-order valence-corrected chi connectivity index (χ0v) is 15.5. The molecule has 2 aromatic rings. The summed E-state index contributed by atoms with van der Waals surface area (Å²) in [7, 11) is 6.38. The van der Waals surface area contributed by atoms with Crippen LogP contribution in [-0.4, -0.2) is 33.5 Å². The third-order valence-corrected chi connectivity index (χ3v) is 5.00. The average Bonchev–Trinajstić information content (AvgIpc) is 2.90. The normalized spacial score (nSPS) is 14.1. The molecule has 25 heavy (non-hydrogen) atoms. The zero-order chi connectivity index (χ0) is 18.4. The summed E-state index contributed by atoms with van der Waals surface area (Å²) in [5.41, 5.74) is 1.97. The second-order valence-electron chi connectivity index (χ2n) is 6.37. The molecule has 0 aliphatic heterocycles. The Labute approximate surface area is 148 Å². The van der Waals surface area contributed by atoms with Crippen LogP contribution < -0.4 is 18.9 Å². The van der Waals surface area contributed by atoms with Crippen molar-refractivity contribution in [1.82, 2.24) is 0 Å². The fourth-order valence-electron chi connectivity index (χ4n) is 3.75. The maximum Gasteiger partial charge on any atom is 0.169 e. The first-order valence-corrected chi connectivity index (χ1v) is 8.19. The number of fused-ring (bicyclic) bond motifs is 3. The van der Waals surface area contributed by atoms with E-state index in [-0.39, 0.29) is 5.92 Å². The van der Waals surface area contributed by atoms with E-state index in [0.717, 1.165) is 22.3 Å². The van der Waals surface area contributed by atoms with Gasteiger partial charge in [-0.15, -0.1) is 0 Å². The summed E-state index contributed by atoms with van der Waals surface area (Å²) in [5.74, 6) is 2.30. The van der Waals surface area contributed by atoms with Crippen LogP contribution in [0.25, 0.3) is 11.1 Å². The number of benzene rings is 2. The molecule has 5 heteroatoms. The first-order valence-electron chi connectivity index (χ1n) is 8.19. The molecule has 0 heterocycles. The minimum Gasteiger partial charge on any atom is -0.493 e. The van der Waals surface area contributed by atoms with E-state index in [0.29, 0.717) is 23.0 Å². The monoisotopic (exact) mass is 344 g/mol. The quantitative estimate of drug-likeness (QED) is 0.898. The van der Waals surface area contributed by atoms with Crippen molar-refractivity contribution in [2.24, 2.45) is 5.92 Å². The fourth-order valence-corrected chi connectivity index (χ4v) is 3.75. The molecule has 0 unspecified atom stereocenters.